The summed E-state index contributed by atoms with van der Waals surface area (Å²) in [6.45, 7) is 3.81. The lowest BCUT2D eigenvalue weighted by atomic mass is 10.0. The highest BCUT2D eigenvalue weighted by Crippen LogP contribution is 2.33. The second kappa shape index (κ2) is 7.65. The highest BCUT2D eigenvalue weighted by atomic mass is 32.1. The molecular formula is C20H17N3O3S2. The third-order valence-electron chi connectivity index (χ3n) is 4.33. The molecule has 0 fully saturated rings. The lowest BCUT2D eigenvalue weighted by molar-refractivity contribution is -0.139. The van der Waals surface area contributed by atoms with Gasteiger partial charge in [-0.15, -0.1) is 11.3 Å². The first kappa shape index (κ1) is 18.5. The van der Waals surface area contributed by atoms with E-state index >= 15 is 0 Å². The minimum atomic E-state index is -0.533. The van der Waals surface area contributed by atoms with Gasteiger partial charge in [0.2, 0.25) is 0 Å². The van der Waals surface area contributed by atoms with Crippen molar-refractivity contribution >= 4 is 34.7 Å². The van der Waals surface area contributed by atoms with Gasteiger partial charge in [-0.2, -0.15) is 0 Å². The number of hydrogen-bond acceptors (Lipinski definition) is 7. The van der Waals surface area contributed by atoms with Crippen LogP contribution < -0.4 is 14.9 Å². The molecule has 0 aromatic carbocycles. The number of carbonyl (C=O) groups is 1. The molecule has 0 unspecified atom stereocenters. The van der Waals surface area contributed by atoms with E-state index in [1.54, 1.807) is 30.8 Å². The van der Waals surface area contributed by atoms with Crippen molar-refractivity contribution in [3.63, 3.8) is 0 Å². The number of esters is 1. The van der Waals surface area contributed by atoms with Crippen molar-refractivity contribution in [1.29, 1.82) is 0 Å². The van der Waals surface area contributed by atoms with Gasteiger partial charge < -0.3 is 4.74 Å². The first-order valence-electron chi connectivity index (χ1n) is 8.73. The van der Waals surface area contributed by atoms with Crippen LogP contribution in [0.15, 0.2) is 63.1 Å². The summed E-state index contributed by atoms with van der Waals surface area (Å²) < 4.78 is 7.42. The van der Waals surface area contributed by atoms with Crippen molar-refractivity contribution < 1.29 is 9.53 Å². The fourth-order valence-corrected chi connectivity index (χ4v) is 4.99. The topological polar surface area (TPSA) is 73.6 Å². The fraction of sp³-hybridized carbons (Fsp3) is 0.200. The summed E-state index contributed by atoms with van der Waals surface area (Å²) in [5, 5.41) is 1.93. The molecule has 1 atom stereocenters. The Labute approximate surface area is 168 Å². The Balaban J connectivity index is 1.95. The van der Waals surface area contributed by atoms with Crippen LogP contribution in [0.5, 0.6) is 0 Å². The third kappa shape index (κ3) is 3.25. The zero-order valence-corrected chi connectivity index (χ0v) is 16.9. The van der Waals surface area contributed by atoms with Crippen LogP contribution in [0.25, 0.3) is 6.08 Å². The van der Waals surface area contributed by atoms with E-state index in [1.165, 1.54) is 22.7 Å². The van der Waals surface area contributed by atoms with Gasteiger partial charge in [-0.05, 0) is 49.1 Å². The van der Waals surface area contributed by atoms with Gasteiger partial charge in [-0.1, -0.05) is 17.4 Å². The molecule has 4 rings (SSSR count). The highest BCUT2D eigenvalue weighted by molar-refractivity contribution is 7.10. The van der Waals surface area contributed by atoms with E-state index in [2.05, 4.69) is 9.98 Å². The highest BCUT2D eigenvalue weighted by Gasteiger charge is 2.33. The number of rotatable bonds is 4. The van der Waals surface area contributed by atoms with E-state index in [1.807, 2.05) is 35.7 Å². The second-order valence-corrected chi connectivity index (χ2v) is 8.09. The predicted octanol–water partition coefficient (Wildman–Crippen LogP) is 2.25. The van der Waals surface area contributed by atoms with Crippen LogP contribution in [0.4, 0.5) is 0 Å². The Morgan fingerprint density at radius 1 is 1.32 bits per heavy atom. The van der Waals surface area contributed by atoms with Gasteiger partial charge in [0.25, 0.3) is 5.56 Å². The third-order valence-corrected chi connectivity index (χ3v) is 6.24. The van der Waals surface area contributed by atoms with E-state index in [9.17, 15) is 9.59 Å². The summed E-state index contributed by atoms with van der Waals surface area (Å²) >= 11 is 2.81. The van der Waals surface area contributed by atoms with Crippen LogP contribution in [-0.4, -0.2) is 22.1 Å². The van der Waals surface area contributed by atoms with Gasteiger partial charge in [0.1, 0.15) is 6.04 Å². The monoisotopic (exact) mass is 411 g/mol. The Hall–Kier alpha value is -2.84. The lowest BCUT2D eigenvalue weighted by Gasteiger charge is -2.23. The van der Waals surface area contributed by atoms with E-state index in [-0.39, 0.29) is 12.2 Å². The first-order valence-corrected chi connectivity index (χ1v) is 10.4. The number of ether oxygens (including phenoxy) is 1. The van der Waals surface area contributed by atoms with Gasteiger partial charge in [-0.3, -0.25) is 14.3 Å². The first-order chi connectivity index (χ1) is 13.6. The van der Waals surface area contributed by atoms with Crippen LogP contribution >= 0.6 is 22.7 Å². The zero-order valence-electron chi connectivity index (χ0n) is 15.3. The van der Waals surface area contributed by atoms with Crippen LogP contribution in [0.2, 0.25) is 0 Å². The summed E-state index contributed by atoms with van der Waals surface area (Å²) in [4.78, 5) is 35.9. The second-order valence-electron chi connectivity index (χ2n) is 6.10. The Morgan fingerprint density at radius 2 is 2.11 bits per heavy atom. The number of allylic oxidation sites excluding steroid dienone is 1. The molecule has 0 amide bonds. The molecule has 3 aromatic heterocycles. The Bertz CT molecular complexity index is 1220. The molecule has 28 heavy (non-hydrogen) atoms. The molecule has 1 aliphatic heterocycles. The van der Waals surface area contributed by atoms with Gasteiger partial charge >= 0.3 is 5.97 Å². The van der Waals surface area contributed by atoms with Crippen LogP contribution in [0.1, 0.15) is 30.3 Å². The van der Waals surface area contributed by atoms with Crippen molar-refractivity contribution in [2.24, 2.45) is 4.99 Å². The number of carbonyl (C=O) groups excluding carboxylic acids is 1. The molecule has 0 radical (unpaired) electrons. The summed E-state index contributed by atoms with van der Waals surface area (Å²) in [5.41, 5.74) is 1.70. The van der Waals surface area contributed by atoms with E-state index in [0.717, 1.165) is 10.4 Å². The maximum absolute atomic E-state index is 13.3. The standard InChI is InChI=1S/C20H17N3O3S2/c1-3-26-19(25)16-12(2)22-20-23(17(16)14-5-4-10-27-14)18(24)15(28-20)11-13-6-8-21-9-7-13/h4-11,17H,3H2,1-2H3/t17-/m1/s1. The Morgan fingerprint density at radius 3 is 2.79 bits per heavy atom. The van der Waals surface area contributed by atoms with Crippen LogP contribution in [0.3, 0.4) is 0 Å². The van der Waals surface area contributed by atoms with Gasteiger partial charge in [0, 0.05) is 17.3 Å². The molecule has 6 nitrogen and oxygen atoms in total. The average molecular weight is 412 g/mol. The van der Waals surface area contributed by atoms with Crippen molar-refractivity contribution in [1.82, 2.24) is 9.55 Å². The van der Waals surface area contributed by atoms with Crippen LogP contribution in [0, 0.1) is 0 Å². The number of hydrogen-bond donors (Lipinski definition) is 0. The smallest absolute Gasteiger partial charge is 0.338 e. The minimum Gasteiger partial charge on any atom is -0.463 e. The molecule has 0 spiro atoms. The molecule has 0 saturated carbocycles. The maximum atomic E-state index is 13.3. The average Bonchev–Trinajstić information content (AvgIpc) is 3.31. The molecule has 0 aliphatic carbocycles. The molecule has 0 N–H and O–H groups in total. The summed E-state index contributed by atoms with van der Waals surface area (Å²) in [6.07, 6.45) is 5.18. The quantitative estimate of drug-likeness (QED) is 0.618. The normalized spacial score (nSPS) is 16.6. The number of thiazole rings is 1. The Kier molecular flexibility index (Phi) is 5.06. The van der Waals surface area contributed by atoms with E-state index < -0.39 is 12.0 Å². The molecule has 3 aromatic rings. The van der Waals surface area contributed by atoms with Gasteiger partial charge in [0.05, 0.1) is 22.4 Å². The summed E-state index contributed by atoms with van der Waals surface area (Å²) in [6, 6.07) is 6.97. The van der Waals surface area contributed by atoms with Crippen molar-refractivity contribution in [2.45, 2.75) is 19.9 Å². The molecular weight excluding hydrogens is 394 g/mol. The van der Waals surface area contributed by atoms with Crippen molar-refractivity contribution in [3.8, 4) is 0 Å². The molecule has 4 heterocycles. The minimum absolute atomic E-state index is 0.173. The predicted molar refractivity (Wildman–Crippen MR) is 109 cm³/mol. The summed E-state index contributed by atoms with van der Waals surface area (Å²) in [7, 11) is 0. The lowest BCUT2D eigenvalue weighted by Crippen LogP contribution is -2.39. The zero-order chi connectivity index (χ0) is 19.7. The number of aromatic nitrogens is 2. The molecule has 0 bridgehead atoms. The van der Waals surface area contributed by atoms with Crippen molar-refractivity contribution in [3.05, 3.63) is 83.4 Å². The van der Waals surface area contributed by atoms with E-state index in [0.29, 0.717) is 20.6 Å². The number of pyridine rings is 1. The van der Waals surface area contributed by atoms with Crippen LogP contribution in [-0.2, 0) is 9.53 Å². The molecule has 8 heteroatoms. The van der Waals surface area contributed by atoms with E-state index in [4.69, 9.17) is 4.74 Å². The van der Waals surface area contributed by atoms with Gasteiger partial charge in [0.15, 0.2) is 4.80 Å². The number of thiophene rings is 1. The summed E-state index contributed by atoms with van der Waals surface area (Å²) in [5.74, 6) is -0.439. The molecule has 0 saturated heterocycles. The fourth-order valence-electron chi connectivity index (χ4n) is 3.12. The van der Waals surface area contributed by atoms with Gasteiger partial charge in [-0.25, -0.2) is 9.79 Å². The maximum Gasteiger partial charge on any atom is 0.338 e. The SMILES string of the molecule is CCOC(=O)C1=C(C)N=c2sc(=Cc3ccncc3)c(=O)n2[C@@H]1c1cccs1. The largest absolute Gasteiger partial charge is 0.463 e. The number of fused-ring (bicyclic) bond motifs is 1. The molecule has 142 valence electrons. The number of nitrogens with zero attached hydrogens (tertiary/aromatic N) is 3. The molecule has 1 aliphatic rings. The van der Waals surface area contributed by atoms with Crippen molar-refractivity contribution in [2.75, 3.05) is 6.61 Å².